The predicted molar refractivity (Wildman–Crippen MR) is 90.2 cm³/mol. The molecule has 0 saturated heterocycles. The molecule has 1 heterocycles. The molecule has 1 saturated carbocycles. The number of urea groups is 1. The van der Waals surface area contributed by atoms with Gasteiger partial charge in [-0.2, -0.15) is 11.8 Å². The van der Waals surface area contributed by atoms with Gasteiger partial charge in [-0.25, -0.2) is 4.79 Å². The van der Waals surface area contributed by atoms with Gasteiger partial charge in [-0.1, -0.05) is 18.5 Å². The van der Waals surface area contributed by atoms with Crippen LogP contribution < -0.4 is 5.32 Å². The van der Waals surface area contributed by atoms with Crippen LogP contribution in [-0.2, 0) is 6.54 Å². The van der Waals surface area contributed by atoms with Gasteiger partial charge in [-0.15, -0.1) is 0 Å². The van der Waals surface area contributed by atoms with Crippen molar-refractivity contribution in [3.05, 3.63) is 17.0 Å². The van der Waals surface area contributed by atoms with E-state index in [-0.39, 0.29) is 6.03 Å². The lowest BCUT2D eigenvalue weighted by Crippen LogP contribution is -2.45. The molecule has 1 N–H and O–H groups in total. The number of aryl methyl sites for hydroxylation is 2. The number of carbonyl (C=O) groups is 1. The molecule has 22 heavy (non-hydrogen) atoms. The summed E-state index contributed by atoms with van der Waals surface area (Å²) in [5, 5.41) is 7.81. The van der Waals surface area contributed by atoms with Gasteiger partial charge in [0.25, 0.3) is 0 Å². The van der Waals surface area contributed by atoms with Gasteiger partial charge in [0.1, 0.15) is 5.76 Å². The Bertz CT molecular complexity index is 482. The average Bonchev–Trinajstić information content (AvgIpc) is 2.80. The molecule has 124 valence electrons. The third-order valence-electron chi connectivity index (χ3n) is 4.28. The Morgan fingerprint density at radius 3 is 2.86 bits per heavy atom. The van der Waals surface area contributed by atoms with E-state index in [2.05, 4.69) is 17.4 Å². The highest BCUT2D eigenvalue weighted by Gasteiger charge is 2.24. The molecule has 1 aliphatic rings. The van der Waals surface area contributed by atoms with E-state index >= 15 is 0 Å². The first-order chi connectivity index (χ1) is 10.5. The van der Waals surface area contributed by atoms with Crippen LogP contribution in [0.1, 0.15) is 49.6 Å². The van der Waals surface area contributed by atoms with E-state index in [4.69, 9.17) is 4.52 Å². The van der Waals surface area contributed by atoms with Crippen molar-refractivity contribution in [2.75, 3.05) is 12.8 Å². The van der Waals surface area contributed by atoms with Crippen LogP contribution in [0.25, 0.3) is 0 Å². The molecule has 2 amide bonds. The molecule has 1 aliphatic carbocycles. The lowest BCUT2D eigenvalue weighted by molar-refractivity contribution is 0.198. The van der Waals surface area contributed by atoms with Crippen molar-refractivity contribution in [3.63, 3.8) is 0 Å². The van der Waals surface area contributed by atoms with Crippen LogP contribution in [0.2, 0.25) is 0 Å². The maximum Gasteiger partial charge on any atom is 0.317 e. The van der Waals surface area contributed by atoms with Crippen LogP contribution in [0, 0.1) is 13.8 Å². The SMILES string of the molecule is CCS[C@@H]1CCC[C@@H](NC(=O)N(C)Cc2c(C)noc2C)C1. The van der Waals surface area contributed by atoms with E-state index in [0.29, 0.717) is 17.8 Å². The Labute approximate surface area is 137 Å². The number of amides is 2. The van der Waals surface area contributed by atoms with E-state index in [1.165, 1.54) is 12.8 Å². The maximum atomic E-state index is 12.4. The van der Waals surface area contributed by atoms with Crippen molar-refractivity contribution in [2.24, 2.45) is 0 Å². The van der Waals surface area contributed by atoms with E-state index in [1.54, 1.807) is 4.90 Å². The molecule has 0 bridgehead atoms. The van der Waals surface area contributed by atoms with Crippen LogP contribution in [0.15, 0.2) is 4.52 Å². The fourth-order valence-corrected chi connectivity index (χ4v) is 4.16. The second-order valence-electron chi connectivity index (χ2n) is 6.05. The monoisotopic (exact) mass is 325 g/mol. The summed E-state index contributed by atoms with van der Waals surface area (Å²) in [7, 11) is 1.82. The number of carbonyl (C=O) groups excluding carboxylic acids is 1. The van der Waals surface area contributed by atoms with Crippen LogP contribution >= 0.6 is 11.8 Å². The smallest absolute Gasteiger partial charge is 0.317 e. The fourth-order valence-electron chi connectivity index (χ4n) is 2.98. The summed E-state index contributed by atoms with van der Waals surface area (Å²) in [6.07, 6.45) is 4.66. The summed E-state index contributed by atoms with van der Waals surface area (Å²) in [6.45, 7) is 6.52. The number of hydrogen-bond acceptors (Lipinski definition) is 4. The first-order valence-corrected chi connectivity index (χ1v) is 9.11. The van der Waals surface area contributed by atoms with Crippen LogP contribution in [-0.4, -0.2) is 40.2 Å². The largest absolute Gasteiger partial charge is 0.361 e. The number of hydrogen-bond donors (Lipinski definition) is 1. The molecule has 1 aromatic heterocycles. The molecule has 0 aromatic carbocycles. The highest BCUT2D eigenvalue weighted by Crippen LogP contribution is 2.28. The summed E-state index contributed by atoms with van der Waals surface area (Å²) < 4.78 is 5.16. The standard InChI is InChI=1S/C16H27N3O2S/c1-5-22-14-8-6-7-13(9-14)17-16(20)19(4)10-15-11(2)18-21-12(15)3/h13-14H,5-10H2,1-4H3,(H,17,20)/t13-,14-/m1/s1. The molecule has 2 atom stereocenters. The molecule has 0 spiro atoms. The predicted octanol–water partition coefficient (Wildman–Crippen LogP) is 3.50. The number of thioether (sulfide) groups is 1. The third-order valence-corrected chi connectivity index (χ3v) is 5.51. The van der Waals surface area contributed by atoms with E-state index in [0.717, 1.165) is 35.6 Å². The molecule has 6 heteroatoms. The zero-order chi connectivity index (χ0) is 16.1. The zero-order valence-electron chi connectivity index (χ0n) is 14.0. The van der Waals surface area contributed by atoms with Gasteiger partial charge in [0.2, 0.25) is 0 Å². The summed E-state index contributed by atoms with van der Waals surface area (Å²) in [5.74, 6) is 1.94. The molecule has 2 rings (SSSR count). The van der Waals surface area contributed by atoms with E-state index in [1.807, 2.05) is 32.7 Å². The molecule has 0 unspecified atom stereocenters. The molecule has 0 radical (unpaired) electrons. The normalized spacial score (nSPS) is 21.6. The lowest BCUT2D eigenvalue weighted by atomic mass is 9.95. The number of aromatic nitrogens is 1. The van der Waals surface area contributed by atoms with Gasteiger partial charge in [0.15, 0.2) is 0 Å². The van der Waals surface area contributed by atoms with Crippen molar-refractivity contribution in [1.82, 2.24) is 15.4 Å². The summed E-state index contributed by atoms with van der Waals surface area (Å²) in [6, 6.07) is 0.296. The van der Waals surface area contributed by atoms with E-state index < -0.39 is 0 Å². The minimum absolute atomic E-state index is 0.00727. The topological polar surface area (TPSA) is 58.4 Å². The van der Waals surface area contributed by atoms with Gasteiger partial charge in [0.05, 0.1) is 12.2 Å². The Morgan fingerprint density at radius 2 is 2.23 bits per heavy atom. The summed E-state index contributed by atoms with van der Waals surface area (Å²) in [4.78, 5) is 14.1. The molecule has 1 fully saturated rings. The Hall–Kier alpha value is -1.17. The maximum absolute atomic E-state index is 12.4. The Morgan fingerprint density at radius 1 is 1.45 bits per heavy atom. The first kappa shape index (κ1) is 17.2. The number of nitrogens with zero attached hydrogens (tertiary/aromatic N) is 2. The summed E-state index contributed by atoms with van der Waals surface area (Å²) in [5.41, 5.74) is 1.86. The number of rotatable bonds is 5. The lowest BCUT2D eigenvalue weighted by Gasteiger charge is -2.30. The van der Waals surface area contributed by atoms with Crippen LogP contribution in [0.4, 0.5) is 4.79 Å². The molecule has 1 aromatic rings. The quantitative estimate of drug-likeness (QED) is 0.900. The van der Waals surface area contributed by atoms with Gasteiger partial charge >= 0.3 is 6.03 Å². The summed E-state index contributed by atoms with van der Waals surface area (Å²) >= 11 is 2.01. The second-order valence-corrected chi connectivity index (χ2v) is 7.63. The fraction of sp³-hybridized carbons (Fsp3) is 0.750. The van der Waals surface area contributed by atoms with E-state index in [9.17, 15) is 4.79 Å². The van der Waals surface area contributed by atoms with Crippen LogP contribution in [0.3, 0.4) is 0 Å². The molecular weight excluding hydrogens is 298 g/mol. The zero-order valence-corrected chi connectivity index (χ0v) is 14.8. The Kier molecular flexibility index (Phi) is 6.17. The minimum atomic E-state index is -0.00727. The van der Waals surface area contributed by atoms with Crippen molar-refractivity contribution < 1.29 is 9.32 Å². The van der Waals surface area contributed by atoms with Crippen LogP contribution in [0.5, 0.6) is 0 Å². The van der Waals surface area contributed by atoms with Gasteiger partial charge in [0, 0.05) is 23.9 Å². The van der Waals surface area contributed by atoms with Crippen molar-refractivity contribution in [2.45, 2.75) is 64.3 Å². The van der Waals surface area contributed by atoms with Crippen molar-refractivity contribution >= 4 is 17.8 Å². The first-order valence-electron chi connectivity index (χ1n) is 8.06. The molecule has 5 nitrogen and oxygen atoms in total. The van der Waals surface area contributed by atoms with Crippen molar-refractivity contribution in [1.29, 1.82) is 0 Å². The van der Waals surface area contributed by atoms with Crippen molar-refractivity contribution in [3.8, 4) is 0 Å². The van der Waals surface area contributed by atoms with Gasteiger partial charge in [-0.05, 0) is 38.9 Å². The third kappa shape index (κ3) is 4.41. The average molecular weight is 325 g/mol. The highest BCUT2D eigenvalue weighted by atomic mass is 32.2. The minimum Gasteiger partial charge on any atom is -0.361 e. The number of nitrogens with one attached hydrogen (secondary N) is 1. The second kappa shape index (κ2) is 7.90. The van der Waals surface area contributed by atoms with Gasteiger partial charge in [-0.3, -0.25) is 0 Å². The molecular formula is C16H27N3O2S. The highest BCUT2D eigenvalue weighted by molar-refractivity contribution is 7.99. The molecule has 0 aliphatic heterocycles. The Balaban J connectivity index is 1.86. The van der Waals surface area contributed by atoms with Gasteiger partial charge < -0.3 is 14.7 Å².